The molecule has 0 spiro atoms. The highest BCUT2D eigenvalue weighted by molar-refractivity contribution is 5.33. The molecule has 0 aliphatic carbocycles. The maximum absolute atomic E-state index is 10.4. The summed E-state index contributed by atoms with van der Waals surface area (Å²) >= 11 is 0. The molecule has 0 saturated carbocycles. The maximum atomic E-state index is 10.4. The Bertz CT molecular complexity index is 730. The average molecular weight is 380 g/mol. The van der Waals surface area contributed by atoms with Gasteiger partial charge in [-0.05, 0) is 11.1 Å². The van der Waals surface area contributed by atoms with E-state index >= 15 is 0 Å². The molecule has 0 amide bonds. The highest BCUT2D eigenvalue weighted by Crippen LogP contribution is 2.45. The third-order valence-electron chi connectivity index (χ3n) is 4.44. The van der Waals surface area contributed by atoms with Crippen LogP contribution in [0.2, 0.25) is 0 Å². The van der Waals surface area contributed by atoms with E-state index in [-0.39, 0.29) is 16.0 Å². The van der Waals surface area contributed by atoms with E-state index in [1.807, 2.05) is 0 Å². The van der Waals surface area contributed by atoms with E-state index < -0.39 is 29.7 Å². The van der Waals surface area contributed by atoms with Gasteiger partial charge in [-0.15, -0.1) is 0 Å². The summed E-state index contributed by atoms with van der Waals surface area (Å²) in [5.41, 5.74) is 0.523. The summed E-state index contributed by atoms with van der Waals surface area (Å²) in [6.07, 6.45) is 0. The molecule has 0 atom stereocenters. The van der Waals surface area contributed by atoms with E-state index in [1.165, 1.54) is 29.6 Å². The molecule has 2 aromatic carbocycles. The van der Waals surface area contributed by atoms with Crippen LogP contribution in [0.25, 0.3) is 0 Å². The third kappa shape index (κ3) is 3.03. The van der Waals surface area contributed by atoms with Crippen molar-refractivity contribution in [1.29, 1.82) is 0 Å². The first kappa shape index (κ1) is 19.8. The monoisotopic (exact) mass is 380 g/mol. The second-order valence-corrected chi connectivity index (χ2v) is 6.33. The first-order valence-electron chi connectivity index (χ1n) is 7.89. The van der Waals surface area contributed by atoms with E-state index in [4.69, 9.17) is 0 Å². The van der Waals surface area contributed by atoms with Gasteiger partial charge in [-0.2, -0.15) is 4.90 Å². The second kappa shape index (κ2) is 6.29. The predicted octanol–water partition coefficient (Wildman–Crippen LogP) is -2.77. The molecule has 0 bridgehead atoms. The average Bonchev–Trinajstić information content (AvgIpc) is 2.58. The SMILES string of the molecule is OC1(O)NC(O)(O)C(O)(O)N(C(c2ccccc2)c2ccccc2)C1(O)O. The summed E-state index contributed by atoms with van der Waals surface area (Å²) in [6, 6.07) is 14.2. The fourth-order valence-electron chi connectivity index (χ4n) is 3.09. The van der Waals surface area contributed by atoms with Crippen molar-refractivity contribution in [1.82, 2.24) is 10.2 Å². The summed E-state index contributed by atoms with van der Waals surface area (Å²) in [4.78, 5) is -0.0266. The molecule has 0 unspecified atom stereocenters. The molecule has 1 heterocycles. The minimum atomic E-state index is -3.78. The number of hydrogen-bond acceptors (Lipinski definition) is 10. The van der Waals surface area contributed by atoms with Gasteiger partial charge in [0.05, 0.1) is 6.04 Å². The van der Waals surface area contributed by atoms with Crippen molar-refractivity contribution < 1.29 is 40.9 Å². The molecule has 1 aliphatic rings. The van der Waals surface area contributed by atoms with Crippen LogP contribution >= 0.6 is 0 Å². The summed E-state index contributed by atoms with van der Waals surface area (Å²) in [5, 5.41) is 82.6. The molecule has 2 aromatic rings. The van der Waals surface area contributed by atoms with Crippen LogP contribution in [0.3, 0.4) is 0 Å². The fourth-order valence-corrected chi connectivity index (χ4v) is 3.09. The summed E-state index contributed by atoms with van der Waals surface area (Å²) in [7, 11) is 0. The number of piperazine rings is 1. The van der Waals surface area contributed by atoms with Crippen molar-refractivity contribution in [3.63, 3.8) is 0 Å². The molecule has 1 saturated heterocycles. The molecule has 0 radical (unpaired) electrons. The van der Waals surface area contributed by atoms with Gasteiger partial charge in [0.15, 0.2) is 0 Å². The van der Waals surface area contributed by atoms with Gasteiger partial charge < -0.3 is 40.9 Å². The fraction of sp³-hybridized carbons (Fsp3) is 0.294. The Hall–Kier alpha value is -1.96. The van der Waals surface area contributed by atoms with Crippen LogP contribution in [0, 0.1) is 0 Å². The van der Waals surface area contributed by atoms with Gasteiger partial charge in [-0.25, -0.2) is 5.32 Å². The highest BCUT2D eigenvalue weighted by atomic mass is 16.7. The van der Waals surface area contributed by atoms with Crippen LogP contribution < -0.4 is 5.32 Å². The number of rotatable bonds is 3. The van der Waals surface area contributed by atoms with Crippen LogP contribution in [0.15, 0.2) is 60.7 Å². The quantitative estimate of drug-likeness (QED) is 0.253. The Balaban J connectivity index is 2.28. The third-order valence-corrected chi connectivity index (χ3v) is 4.44. The number of hydrogen-bond donors (Lipinski definition) is 9. The molecule has 0 aromatic heterocycles. The molecular weight excluding hydrogens is 360 g/mol. The van der Waals surface area contributed by atoms with Crippen molar-refractivity contribution in [2.75, 3.05) is 0 Å². The number of benzene rings is 2. The maximum Gasteiger partial charge on any atom is 0.303 e. The van der Waals surface area contributed by atoms with Gasteiger partial charge in [-0.1, -0.05) is 60.7 Å². The van der Waals surface area contributed by atoms with Crippen LogP contribution in [0.5, 0.6) is 0 Å². The Morgan fingerprint density at radius 3 is 1.26 bits per heavy atom. The first-order valence-corrected chi connectivity index (χ1v) is 7.89. The van der Waals surface area contributed by atoms with Crippen molar-refractivity contribution in [2.24, 2.45) is 0 Å². The zero-order valence-corrected chi connectivity index (χ0v) is 13.9. The van der Waals surface area contributed by atoms with E-state index in [0.29, 0.717) is 0 Å². The van der Waals surface area contributed by atoms with E-state index in [2.05, 4.69) is 0 Å². The lowest BCUT2D eigenvalue weighted by Gasteiger charge is -2.58. The smallest absolute Gasteiger partial charge is 0.303 e. The molecule has 1 aliphatic heterocycles. The second-order valence-electron chi connectivity index (χ2n) is 6.33. The lowest BCUT2D eigenvalue weighted by molar-refractivity contribution is -0.569. The number of nitrogens with zero attached hydrogens (tertiary/aromatic N) is 1. The van der Waals surface area contributed by atoms with Crippen LogP contribution in [0.4, 0.5) is 0 Å². The van der Waals surface area contributed by atoms with Crippen LogP contribution in [-0.2, 0) is 0 Å². The summed E-state index contributed by atoms with van der Waals surface area (Å²) in [6.45, 7) is 0. The summed E-state index contributed by atoms with van der Waals surface area (Å²) < 4.78 is 0. The molecule has 10 nitrogen and oxygen atoms in total. The van der Waals surface area contributed by atoms with Crippen LogP contribution in [0.1, 0.15) is 17.2 Å². The van der Waals surface area contributed by atoms with Gasteiger partial charge in [0.25, 0.3) is 11.8 Å². The first-order chi connectivity index (χ1) is 12.4. The number of aliphatic hydroxyl groups is 8. The molecule has 9 N–H and O–H groups in total. The molecular formula is C17H20N2O8. The Morgan fingerprint density at radius 2 is 0.926 bits per heavy atom. The molecule has 10 heteroatoms. The van der Waals surface area contributed by atoms with Crippen molar-refractivity contribution >= 4 is 0 Å². The van der Waals surface area contributed by atoms with E-state index in [1.54, 1.807) is 36.4 Å². The van der Waals surface area contributed by atoms with Crippen molar-refractivity contribution in [2.45, 2.75) is 29.7 Å². The van der Waals surface area contributed by atoms with Gasteiger partial charge >= 0.3 is 11.8 Å². The molecule has 146 valence electrons. The molecule has 27 heavy (non-hydrogen) atoms. The minimum absolute atomic E-state index is 0.0266. The van der Waals surface area contributed by atoms with Crippen molar-refractivity contribution in [3.05, 3.63) is 71.8 Å². The Morgan fingerprint density at radius 1 is 0.593 bits per heavy atom. The lowest BCUT2D eigenvalue weighted by atomic mass is 9.93. The Kier molecular flexibility index (Phi) is 4.61. The van der Waals surface area contributed by atoms with Crippen LogP contribution in [-0.4, -0.2) is 69.4 Å². The minimum Gasteiger partial charge on any atom is -0.348 e. The zero-order chi connectivity index (χ0) is 20.1. The highest BCUT2D eigenvalue weighted by Gasteiger charge is 2.74. The van der Waals surface area contributed by atoms with E-state index in [0.717, 1.165) is 0 Å². The summed E-state index contributed by atoms with van der Waals surface area (Å²) in [5.74, 6) is -15.1. The lowest BCUT2D eigenvalue weighted by Crippen LogP contribution is -2.90. The largest absolute Gasteiger partial charge is 0.348 e. The topological polar surface area (TPSA) is 177 Å². The van der Waals surface area contributed by atoms with Gasteiger partial charge in [0.1, 0.15) is 0 Å². The van der Waals surface area contributed by atoms with Crippen molar-refractivity contribution in [3.8, 4) is 0 Å². The zero-order valence-electron chi connectivity index (χ0n) is 13.9. The standard InChI is InChI=1S/C17H20N2O8/c20-14(21)16(24,25)19(17(26,27)15(22,23)18-14)13(11-7-3-1-4-8-11)12-9-5-2-6-10-12/h1-10,13,18,20-27H. The number of nitrogens with one attached hydrogen (secondary N) is 1. The molecule has 1 fully saturated rings. The molecule has 3 rings (SSSR count). The van der Waals surface area contributed by atoms with E-state index in [9.17, 15) is 40.9 Å². The van der Waals surface area contributed by atoms with Gasteiger partial charge in [0, 0.05) is 0 Å². The van der Waals surface area contributed by atoms with Gasteiger partial charge in [0.2, 0.25) is 0 Å². The Labute approximate surface area is 153 Å². The normalized spacial score (nSPS) is 23.3. The van der Waals surface area contributed by atoms with Gasteiger partial charge in [-0.3, -0.25) is 0 Å². The predicted molar refractivity (Wildman–Crippen MR) is 88.4 cm³/mol.